The van der Waals surface area contributed by atoms with Gasteiger partial charge >= 0.3 is 0 Å². The van der Waals surface area contributed by atoms with Gasteiger partial charge in [-0.25, -0.2) is 0 Å². The highest BCUT2D eigenvalue weighted by Gasteiger charge is 2.16. The molecule has 110 valence electrons. The second-order valence-corrected chi connectivity index (χ2v) is 5.29. The second-order valence-electron chi connectivity index (χ2n) is 5.29. The first-order valence-electron chi connectivity index (χ1n) is 7.00. The van der Waals surface area contributed by atoms with Crippen molar-refractivity contribution < 1.29 is 14.6 Å². The fourth-order valence-electron chi connectivity index (χ4n) is 2.38. The van der Waals surface area contributed by atoms with Crippen LogP contribution < -0.4 is 14.4 Å². The predicted octanol–water partition coefficient (Wildman–Crippen LogP) is 2.61. The smallest absolute Gasteiger partial charge is 0.161 e. The molecule has 0 fully saturated rings. The maximum Gasteiger partial charge on any atom is 0.161 e. The minimum atomic E-state index is -0.669. The van der Waals surface area contributed by atoms with Gasteiger partial charge in [-0.3, -0.25) is 0 Å². The fraction of sp³-hybridized carbons (Fsp3) is 0.294. The Morgan fingerprint density at radius 2 is 1.52 bits per heavy atom. The third-order valence-electron chi connectivity index (χ3n) is 3.61. The number of aliphatic hydroxyl groups is 1. The van der Waals surface area contributed by atoms with Gasteiger partial charge in [0.05, 0.1) is 0 Å². The summed E-state index contributed by atoms with van der Waals surface area (Å²) in [7, 11) is 3.98. The summed E-state index contributed by atoms with van der Waals surface area (Å²) in [5.41, 5.74) is 2.77. The minimum Gasteiger partial charge on any atom is -0.486 e. The van der Waals surface area contributed by atoms with E-state index in [2.05, 4.69) is 0 Å². The monoisotopic (exact) mass is 285 g/mol. The fourth-order valence-corrected chi connectivity index (χ4v) is 2.38. The van der Waals surface area contributed by atoms with Crippen LogP contribution in [0.4, 0.5) is 5.69 Å². The van der Waals surface area contributed by atoms with Crippen molar-refractivity contribution in [2.45, 2.75) is 6.10 Å². The van der Waals surface area contributed by atoms with Crippen LogP contribution in [0.5, 0.6) is 11.5 Å². The summed E-state index contributed by atoms with van der Waals surface area (Å²) in [5.74, 6) is 1.43. The van der Waals surface area contributed by atoms with E-state index in [-0.39, 0.29) is 0 Å². The van der Waals surface area contributed by atoms with E-state index >= 15 is 0 Å². The molecule has 1 atom stereocenters. The van der Waals surface area contributed by atoms with Crippen LogP contribution in [0.15, 0.2) is 42.5 Å². The van der Waals surface area contributed by atoms with Gasteiger partial charge in [-0.2, -0.15) is 0 Å². The van der Waals surface area contributed by atoms with Gasteiger partial charge in [0.1, 0.15) is 19.3 Å². The first kappa shape index (κ1) is 13.8. The number of fused-ring (bicyclic) bond motifs is 1. The van der Waals surface area contributed by atoms with Gasteiger partial charge in [-0.05, 0) is 35.4 Å². The maximum atomic E-state index is 10.5. The topological polar surface area (TPSA) is 41.9 Å². The Hall–Kier alpha value is -2.20. The molecule has 0 spiro atoms. The number of anilines is 1. The molecule has 1 aliphatic rings. The Labute approximate surface area is 124 Å². The lowest BCUT2D eigenvalue weighted by molar-refractivity contribution is 0.169. The van der Waals surface area contributed by atoms with Crippen LogP contribution in [0.2, 0.25) is 0 Å². The molecule has 0 saturated heterocycles. The summed E-state index contributed by atoms with van der Waals surface area (Å²) in [4.78, 5) is 2.03. The van der Waals surface area contributed by atoms with E-state index in [1.807, 2.05) is 61.5 Å². The lowest BCUT2D eigenvalue weighted by Gasteiger charge is -2.20. The Balaban J connectivity index is 1.85. The van der Waals surface area contributed by atoms with Crippen molar-refractivity contribution in [1.29, 1.82) is 0 Å². The van der Waals surface area contributed by atoms with Gasteiger partial charge in [-0.1, -0.05) is 18.2 Å². The standard InChI is InChI=1S/C17H19NO3/c1-18(2)14-6-3-12(4-7-14)17(19)13-5-8-15-16(11-13)21-10-9-20-15/h3-8,11,17,19H,9-10H2,1-2H3. The third kappa shape index (κ3) is 2.81. The zero-order valence-corrected chi connectivity index (χ0v) is 12.2. The maximum absolute atomic E-state index is 10.5. The van der Waals surface area contributed by atoms with Crippen LogP contribution in [0.1, 0.15) is 17.2 Å². The molecule has 0 aliphatic carbocycles. The predicted molar refractivity (Wildman–Crippen MR) is 82.3 cm³/mol. The third-order valence-corrected chi connectivity index (χ3v) is 3.61. The van der Waals surface area contributed by atoms with Crippen molar-refractivity contribution in [3.05, 3.63) is 53.6 Å². The SMILES string of the molecule is CN(C)c1ccc(C(O)c2ccc3c(c2)OCCO3)cc1. The van der Waals surface area contributed by atoms with E-state index in [0.717, 1.165) is 22.6 Å². The first-order valence-corrected chi connectivity index (χ1v) is 7.00. The number of benzene rings is 2. The van der Waals surface area contributed by atoms with Crippen LogP contribution >= 0.6 is 0 Å². The number of hydrogen-bond acceptors (Lipinski definition) is 4. The lowest BCUT2D eigenvalue weighted by Crippen LogP contribution is -2.15. The molecule has 4 heteroatoms. The number of ether oxygens (including phenoxy) is 2. The molecule has 1 unspecified atom stereocenters. The summed E-state index contributed by atoms with van der Waals surface area (Å²) in [6, 6.07) is 13.4. The van der Waals surface area contributed by atoms with Crippen molar-refractivity contribution >= 4 is 5.69 Å². The van der Waals surface area contributed by atoms with Gasteiger partial charge in [0.15, 0.2) is 11.5 Å². The quantitative estimate of drug-likeness (QED) is 0.941. The molecule has 1 heterocycles. The summed E-state index contributed by atoms with van der Waals surface area (Å²) in [5, 5.41) is 10.5. The second kappa shape index (κ2) is 5.66. The molecule has 0 amide bonds. The highest BCUT2D eigenvalue weighted by Crippen LogP contribution is 2.34. The summed E-state index contributed by atoms with van der Waals surface area (Å²) < 4.78 is 11.1. The highest BCUT2D eigenvalue weighted by atomic mass is 16.6. The summed E-state index contributed by atoms with van der Waals surface area (Å²) in [6.07, 6.45) is -0.669. The van der Waals surface area contributed by atoms with E-state index in [0.29, 0.717) is 19.0 Å². The van der Waals surface area contributed by atoms with Crippen molar-refractivity contribution in [3.8, 4) is 11.5 Å². The van der Waals surface area contributed by atoms with E-state index in [1.54, 1.807) is 0 Å². The van der Waals surface area contributed by atoms with Gasteiger partial charge < -0.3 is 19.5 Å². The molecule has 4 nitrogen and oxygen atoms in total. The van der Waals surface area contributed by atoms with Crippen LogP contribution in [-0.4, -0.2) is 32.4 Å². The Morgan fingerprint density at radius 1 is 0.905 bits per heavy atom. The number of nitrogens with zero attached hydrogens (tertiary/aromatic N) is 1. The molecule has 0 aromatic heterocycles. The Bertz CT molecular complexity index is 622. The molecule has 2 aromatic carbocycles. The molecule has 1 aliphatic heterocycles. The molecule has 1 N–H and O–H groups in total. The highest BCUT2D eigenvalue weighted by molar-refractivity contribution is 5.49. The van der Waals surface area contributed by atoms with E-state index in [4.69, 9.17) is 9.47 Å². The number of hydrogen-bond donors (Lipinski definition) is 1. The summed E-state index contributed by atoms with van der Waals surface area (Å²) in [6.45, 7) is 1.12. The van der Waals surface area contributed by atoms with Crippen LogP contribution in [0.25, 0.3) is 0 Å². The van der Waals surface area contributed by atoms with Gasteiger partial charge in [0.2, 0.25) is 0 Å². The molecule has 3 rings (SSSR count). The molecule has 0 saturated carbocycles. The molecule has 0 radical (unpaired) electrons. The van der Waals surface area contributed by atoms with Crippen LogP contribution in [-0.2, 0) is 0 Å². The van der Waals surface area contributed by atoms with E-state index in [9.17, 15) is 5.11 Å². The normalized spacial score (nSPS) is 14.6. The first-order chi connectivity index (χ1) is 10.1. The average Bonchev–Trinajstić information content (AvgIpc) is 2.54. The summed E-state index contributed by atoms with van der Waals surface area (Å²) >= 11 is 0. The van der Waals surface area contributed by atoms with Crippen molar-refractivity contribution in [1.82, 2.24) is 0 Å². The molecule has 0 bridgehead atoms. The Kier molecular flexibility index (Phi) is 3.71. The van der Waals surface area contributed by atoms with Crippen molar-refractivity contribution in [2.24, 2.45) is 0 Å². The van der Waals surface area contributed by atoms with Gasteiger partial charge in [-0.15, -0.1) is 0 Å². The van der Waals surface area contributed by atoms with Crippen LogP contribution in [0, 0.1) is 0 Å². The zero-order valence-electron chi connectivity index (χ0n) is 12.2. The van der Waals surface area contributed by atoms with Gasteiger partial charge in [0, 0.05) is 19.8 Å². The molecule has 2 aromatic rings. The molecular formula is C17H19NO3. The van der Waals surface area contributed by atoms with E-state index in [1.165, 1.54) is 0 Å². The van der Waals surface area contributed by atoms with Crippen molar-refractivity contribution in [2.75, 3.05) is 32.2 Å². The zero-order chi connectivity index (χ0) is 14.8. The van der Waals surface area contributed by atoms with Crippen LogP contribution in [0.3, 0.4) is 0 Å². The minimum absolute atomic E-state index is 0.546. The molecule has 21 heavy (non-hydrogen) atoms. The number of rotatable bonds is 3. The molecular weight excluding hydrogens is 266 g/mol. The number of aliphatic hydroxyl groups excluding tert-OH is 1. The Morgan fingerprint density at radius 3 is 2.19 bits per heavy atom. The van der Waals surface area contributed by atoms with Gasteiger partial charge in [0.25, 0.3) is 0 Å². The lowest BCUT2D eigenvalue weighted by atomic mass is 10.0. The van der Waals surface area contributed by atoms with Crippen molar-refractivity contribution in [3.63, 3.8) is 0 Å². The van der Waals surface area contributed by atoms with E-state index < -0.39 is 6.10 Å². The average molecular weight is 285 g/mol. The largest absolute Gasteiger partial charge is 0.486 e.